The topological polar surface area (TPSA) is 49.6 Å². The van der Waals surface area contributed by atoms with E-state index < -0.39 is 0 Å². The number of amides is 1. The van der Waals surface area contributed by atoms with Crippen LogP contribution < -0.4 is 0 Å². The van der Waals surface area contributed by atoms with Crippen LogP contribution in [0.2, 0.25) is 0 Å². The zero-order valence-electron chi connectivity index (χ0n) is 14.2. The summed E-state index contributed by atoms with van der Waals surface area (Å²) in [7, 11) is 0. The normalized spacial score (nSPS) is 24.6. The van der Waals surface area contributed by atoms with Crippen LogP contribution in [0.4, 0.5) is 0 Å². The lowest BCUT2D eigenvalue weighted by Crippen LogP contribution is -2.31. The molecule has 0 radical (unpaired) electrons. The Morgan fingerprint density at radius 1 is 1.33 bits per heavy atom. The van der Waals surface area contributed by atoms with E-state index >= 15 is 0 Å². The number of rotatable bonds is 4. The molecule has 5 nitrogen and oxygen atoms in total. The number of thiophene rings is 1. The van der Waals surface area contributed by atoms with Gasteiger partial charge in [0.2, 0.25) is 5.91 Å². The van der Waals surface area contributed by atoms with Gasteiger partial charge in [-0.25, -0.2) is 0 Å². The number of hydrogen-bond acceptors (Lipinski definition) is 5. The van der Waals surface area contributed by atoms with Crippen molar-refractivity contribution in [1.29, 1.82) is 0 Å². The third-order valence-corrected chi connectivity index (χ3v) is 6.27. The first-order valence-electron chi connectivity index (χ1n) is 8.49. The van der Waals surface area contributed by atoms with Crippen LogP contribution in [0.5, 0.6) is 0 Å². The summed E-state index contributed by atoms with van der Waals surface area (Å²) in [5, 5.41) is 6.14. The molecule has 6 heteroatoms. The quantitative estimate of drug-likeness (QED) is 0.855. The Labute approximate surface area is 146 Å². The summed E-state index contributed by atoms with van der Waals surface area (Å²) in [4.78, 5) is 18.5. The van der Waals surface area contributed by atoms with Gasteiger partial charge in [0.05, 0.1) is 12.2 Å². The van der Waals surface area contributed by atoms with Crippen LogP contribution >= 0.6 is 11.3 Å². The average Bonchev–Trinajstić information content (AvgIpc) is 3.30. The van der Waals surface area contributed by atoms with Gasteiger partial charge in [0.1, 0.15) is 5.76 Å². The minimum Gasteiger partial charge on any atom is -0.361 e. The van der Waals surface area contributed by atoms with Gasteiger partial charge < -0.3 is 9.42 Å². The molecule has 0 saturated carbocycles. The summed E-state index contributed by atoms with van der Waals surface area (Å²) < 4.78 is 5.24. The fraction of sp³-hybridized carbons (Fsp3) is 0.556. The zero-order chi connectivity index (χ0) is 16.7. The molecule has 4 heterocycles. The van der Waals surface area contributed by atoms with Gasteiger partial charge in [-0.2, -0.15) is 0 Å². The van der Waals surface area contributed by atoms with Crippen molar-refractivity contribution in [1.82, 2.24) is 15.0 Å². The minimum absolute atomic E-state index is 0.132. The molecule has 0 bridgehead atoms. The van der Waals surface area contributed by atoms with Crippen molar-refractivity contribution in [2.24, 2.45) is 5.41 Å². The lowest BCUT2D eigenvalue weighted by molar-refractivity contribution is -0.128. The molecular weight excluding hydrogens is 322 g/mol. The van der Waals surface area contributed by atoms with E-state index in [9.17, 15) is 4.79 Å². The lowest BCUT2D eigenvalue weighted by Gasteiger charge is -2.24. The predicted octanol–water partition coefficient (Wildman–Crippen LogP) is 2.98. The number of carbonyl (C=O) groups excluding carboxylic acids is 1. The fourth-order valence-corrected chi connectivity index (χ4v) is 4.85. The van der Waals surface area contributed by atoms with Crippen LogP contribution in [-0.4, -0.2) is 40.5 Å². The SMILES string of the molecule is Cc1noc(C)c1CN1C[C@@]2(CCN(Cc3cccs3)C2)CC1=O. The van der Waals surface area contributed by atoms with Gasteiger partial charge in [-0.15, -0.1) is 11.3 Å². The Hall–Kier alpha value is -1.66. The van der Waals surface area contributed by atoms with Gasteiger partial charge in [-0.3, -0.25) is 9.69 Å². The number of aryl methyl sites for hydroxylation is 2. The molecule has 128 valence electrons. The highest BCUT2D eigenvalue weighted by Crippen LogP contribution is 2.41. The van der Waals surface area contributed by atoms with Crippen LogP contribution in [-0.2, 0) is 17.9 Å². The Kier molecular flexibility index (Phi) is 3.96. The van der Waals surface area contributed by atoms with Gasteiger partial charge in [-0.1, -0.05) is 11.2 Å². The summed E-state index contributed by atoms with van der Waals surface area (Å²) in [6.07, 6.45) is 1.79. The second-order valence-electron chi connectivity index (χ2n) is 7.27. The first kappa shape index (κ1) is 15.8. The van der Waals surface area contributed by atoms with E-state index in [-0.39, 0.29) is 11.3 Å². The predicted molar refractivity (Wildman–Crippen MR) is 92.7 cm³/mol. The van der Waals surface area contributed by atoms with Crippen LogP contribution in [0, 0.1) is 19.3 Å². The van der Waals surface area contributed by atoms with Crippen molar-refractivity contribution >= 4 is 17.2 Å². The first-order valence-corrected chi connectivity index (χ1v) is 9.37. The molecule has 2 aliphatic heterocycles. The summed E-state index contributed by atoms with van der Waals surface area (Å²) >= 11 is 1.81. The molecule has 2 aromatic heterocycles. The number of aromatic nitrogens is 1. The molecule has 0 unspecified atom stereocenters. The number of likely N-dealkylation sites (tertiary alicyclic amines) is 2. The van der Waals surface area contributed by atoms with Crippen molar-refractivity contribution in [2.75, 3.05) is 19.6 Å². The monoisotopic (exact) mass is 345 g/mol. The van der Waals surface area contributed by atoms with E-state index in [0.717, 1.165) is 49.6 Å². The van der Waals surface area contributed by atoms with Crippen molar-refractivity contribution in [3.63, 3.8) is 0 Å². The smallest absolute Gasteiger partial charge is 0.223 e. The highest BCUT2D eigenvalue weighted by Gasteiger charge is 2.47. The van der Waals surface area contributed by atoms with E-state index in [0.29, 0.717) is 13.0 Å². The van der Waals surface area contributed by atoms with Crippen LogP contribution in [0.1, 0.15) is 34.7 Å². The number of hydrogen-bond donors (Lipinski definition) is 0. The zero-order valence-corrected chi connectivity index (χ0v) is 15.1. The highest BCUT2D eigenvalue weighted by molar-refractivity contribution is 7.09. The second kappa shape index (κ2) is 6.01. The molecule has 1 atom stereocenters. The molecule has 4 rings (SSSR count). The molecule has 2 aliphatic rings. The lowest BCUT2D eigenvalue weighted by atomic mass is 9.86. The van der Waals surface area contributed by atoms with Crippen molar-refractivity contribution in [2.45, 2.75) is 39.8 Å². The molecule has 0 N–H and O–H groups in total. The van der Waals surface area contributed by atoms with Crippen LogP contribution in [0.3, 0.4) is 0 Å². The van der Waals surface area contributed by atoms with Crippen molar-refractivity contribution in [3.05, 3.63) is 39.4 Å². The molecule has 24 heavy (non-hydrogen) atoms. The van der Waals surface area contributed by atoms with Gasteiger partial charge in [0.25, 0.3) is 0 Å². The molecule has 1 spiro atoms. The number of nitrogens with zero attached hydrogens (tertiary/aromatic N) is 3. The van der Waals surface area contributed by atoms with Crippen molar-refractivity contribution < 1.29 is 9.32 Å². The summed E-state index contributed by atoms with van der Waals surface area (Å²) in [5.41, 5.74) is 2.09. The molecule has 2 fully saturated rings. The maximum atomic E-state index is 12.6. The molecular formula is C18H23N3O2S. The van der Waals surface area contributed by atoms with Gasteiger partial charge in [0, 0.05) is 41.9 Å². The van der Waals surface area contributed by atoms with E-state index in [4.69, 9.17) is 4.52 Å². The maximum absolute atomic E-state index is 12.6. The Balaban J connectivity index is 1.42. The van der Waals surface area contributed by atoms with Gasteiger partial charge in [0.15, 0.2) is 0 Å². The van der Waals surface area contributed by atoms with Crippen molar-refractivity contribution in [3.8, 4) is 0 Å². The first-order chi connectivity index (χ1) is 11.5. The van der Waals surface area contributed by atoms with E-state index in [2.05, 4.69) is 27.6 Å². The van der Waals surface area contributed by atoms with Crippen LogP contribution in [0.25, 0.3) is 0 Å². The third kappa shape index (κ3) is 2.89. The summed E-state index contributed by atoms with van der Waals surface area (Å²) in [5.74, 6) is 1.10. The van der Waals surface area contributed by atoms with E-state index in [1.165, 1.54) is 4.88 Å². The van der Waals surface area contributed by atoms with E-state index in [1.807, 2.05) is 30.1 Å². The molecule has 1 amide bonds. The Morgan fingerprint density at radius 2 is 2.21 bits per heavy atom. The highest BCUT2D eigenvalue weighted by atomic mass is 32.1. The largest absolute Gasteiger partial charge is 0.361 e. The molecule has 0 aromatic carbocycles. The second-order valence-corrected chi connectivity index (χ2v) is 8.30. The summed E-state index contributed by atoms with van der Waals surface area (Å²) in [6, 6.07) is 4.30. The Bertz CT molecular complexity index is 720. The minimum atomic E-state index is 0.132. The molecule has 2 aromatic rings. The average molecular weight is 345 g/mol. The summed E-state index contributed by atoms with van der Waals surface area (Å²) in [6.45, 7) is 8.48. The number of carbonyl (C=O) groups is 1. The molecule has 2 saturated heterocycles. The standard InChI is InChI=1S/C18H23N3O2S/c1-13-16(14(2)23-19-13)10-21-12-18(8-17(21)22)5-6-20(11-18)9-15-4-3-7-24-15/h3-4,7H,5-6,8-12H2,1-2H3/t18-/m0/s1. The fourth-order valence-electron chi connectivity index (χ4n) is 4.10. The molecule has 0 aliphatic carbocycles. The van der Waals surface area contributed by atoms with Gasteiger partial charge in [-0.05, 0) is 38.3 Å². The third-order valence-electron chi connectivity index (χ3n) is 5.41. The van der Waals surface area contributed by atoms with Gasteiger partial charge >= 0.3 is 0 Å². The maximum Gasteiger partial charge on any atom is 0.223 e. The van der Waals surface area contributed by atoms with Crippen LogP contribution in [0.15, 0.2) is 22.0 Å². The Morgan fingerprint density at radius 3 is 2.92 bits per heavy atom. The van der Waals surface area contributed by atoms with E-state index in [1.54, 1.807) is 0 Å².